The van der Waals surface area contributed by atoms with Crippen molar-refractivity contribution in [3.05, 3.63) is 21.5 Å². The Balaban J connectivity index is 2.20. The number of piperidine rings is 1. The molecule has 21 heavy (non-hydrogen) atoms. The van der Waals surface area contributed by atoms with Gasteiger partial charge in [0.25, 0.3) is 0 Å². The summed E-state index contributed by atoms with van der Waals surface area (Å²) in [4.78, 5) is 25.0. The minimum Gasteiger partial charge on any atom is -0.336 e. The lowest BCUT2D eigenvalue weighted by Crippen LogP contribution is -2.48. The van der Waals surface area contributed by atoms with Gasteiger partial charge in [0.2, 0.25) is 5.91 Å². The number of hydrogen-bond acceptors (Lipinski definition) is 4. The molecule has 1 amide bonds. The first-order valence-corrected chi connectivity index (χ1v) is 7.32. The van der Waals surface area contributed by atoms with Crippen LogP contribution in [-0.4, -0.2) is 37.6 Å². The van der Waals surface area contributed by atoms with Crippen LogP contribution in [0.4, 0.5) is 5.69 Å². The molecule has 0 N–H and O–H groups in total. The Morgan fingerprint density at radius 3 is 2.38 bits per heavy atom. The van der Waals surface area contributed by atoms with Crippen molar-refractivity contribution in [1.82, 2.24) is 14.7 Å². The van der Waals surface area contributed by atoms with Crippen LogP contribution in [-0.2, 0) is 11.3 Å². The quantitative estimate of drug-likeness (QED) is 0.632. The second-order valence-electron chi connectivity index (χ2n) is 5.86. The van der Waals surface area contributed by atoms with Gasteiger partial charge in [0.05, 0.1) is 4.92 Å². The fourth-order valence-electron chi connectivity index (χ4n) is 3.23. The third-order valence-electron chi connectivity index (χ3n) is 4.29. The van der Waals surface area contributed by atoms with Gasteiger partial charge in [0, 0.05) is 12.1 Å². The molecule has 1 aromatic rings. The van der Waals surface area contributed by atoms with Crippen molar-refractivity contribution in [2.75, 3.05) is 0 Å². The van der Waals surface area contributed by atoms with Crippen LogP contribution in [0.15, 0.2) is 0 Å². The fraction of sp³-hybridized carbons (Fsp3) is 0.714. The van der Waals surface area contributed by atoms with E-state index in [1.807, 2.05) is 4.90 Å². The maximum absolute atomic E-state index is 12.5. The summed E-state index contributed by atoms with van der Waals surface area (Å²) in [5, 5.41) is 15.1. The van der Waals surface area contributed by atoms with Gasteiger partial charge in [0.15, 0.2) is 0 Å². The van der Waals surface area contributed by atoms with Crippen LogP contribution >= 0.6 is 0 Å². The molecule has 0 bridgehead atoms. The van der Waals surface area contributed by atoms with Gasteiger partial charge < -0.3 is 4.90 Å². The Morgan fingerprint density at radius 2 is 1.90 bits per heavy atom. The van der Waals surface area contributed by atoms with Crippen LogP contribution in [0.2, 0.25) is 0 Å². The summed E-state index contributed by atoms with van der Waals surface area (Å²) in [5.41, 5.74) is 0.788. The Hall–Kier alpha value is -1.92. The molecule has 1 aromatic heterocycles. The molecule has 7 nitrogen and oxygen atoms in total. The topological polar surface area (TPSA) is 81.3 Å². The summed E-state index contributed by atoms with van der Waals surface area (Å²) in [6.07, 6.45) is 3.15. The number of aromatic nitrogens is 2. The zero-order chi connectivity index (χ0) is 15.7. The average Bonchev–Trinajstić information content (AvgIpc) is 2.63. The van der Waals surface area contributed by atoms with Crippen molar-refractivity contribution in [3.8, 4) is 0 Å². The summed E-state index contributed by atoms with van der Waals surface area (Å²) in [6.45, 7) is 7.40. The highest BCUT2D eigenvalue weighted by Gasteiger charge is 2.30. The smallest absolute Gasteiger partial charge is 0.312 e. The van der Waals surface area contributed by atoms with Crippen LogP contribution in [0.1, 0.15) is 44.5 Å². The lowest BCUT2D eigenvalue weighted by molar-refractivity contribution is -0.386. The molecule has 1 saturated heterocycles. The Kier molecular flexibility index (Phi) is 4.29. The van der Waals surface area contributed by atoms with Gasteiger partial charge in [-0.2, -0.15) is 5.10 Å². The van der Waals surface area contributed by atoms with E-state index in [1.165, 1.54) is 4.68 Å². The van der Waals surface area contributed by atoms with E-state index in [0.717, 1.165) is 19.3 Å². The summed E-state index contributed by atoms with van der Waals surface area (Å²) in [6, 6.07) is 0.432. The lowest BCUT2D eigenvalue weighted by Gasteiger charge is -2.39. The highest BCUT2D eigenvalue weighted by atomic mass is 16.6. The van der Waals surface area contributed by atoms with E-state index in [0.29, 0.717) is 11.4 Å². The molecule has 2 rings (SSSR count). The second-order valence-corrected chi connectivity index (χ2v) is 5.86. The SMILES string of the molecule is Cc1nn(CC(=O)N2[C@H](C)CCC[C@H]2C)c(C)c1[N+](=O)[O-]. The second kappa shape index (κ2) is 5.83. The number of rotatable bonds is 3. The summed E-state index contributed by atoms with van der Waals surface area (Å²) in [5.74, 6) is -0.0183. The first-order valence-electron chi connectivity index (χ1n) is 7.32. The van der Waals surface area contributed by atoms with Crippen LogP contribution in [0, 0.1) is 24.0 Å². The number of carbonyl (C=O) groups is 1. The van der Waals surface area contributed by atoms with E-state index in [4.69, 9.17) is 0 Å². The number of nitrogens with zero attached hydrogens (tertiary/aromatic N) is 4. The van der Waals surface area contributed by atoms with E-state index < -0.39 is 4.92 Å². The molecular weight excluding hydrogens is 272 g/mol. The van der Waals surface area contributed by atoms with Crippen LogP contribution in [0.25, 0.3) is 0 Å². The number of hydrogen-bond donors (Lipinski definition) is 0. The standard InChI is InChI=1S/C14H22N4O3/c1-9-6-5-7-10(2)17(9)13(19)8-16-12(4)14(18(20)21)11(3)15-16/h9-10H,5-8H2,1-4H3/t9-,10-/m1/s1. The van der Waals surface area contributed by atoms with Crippen LogP contribution in [0.3, 0.4) is 0 Å². The van der Waals surface area contributed by atoms with Gasteiger partial charge >= 0.3 is 5.69 Å². The number of nitro groups is 1. The summed E-state index contributed by atoms with van der Waals surface area (Å²) >= 11 is 0. The maximum Gasteiger partial charge on any atom is 0.312 e. The number of amides is 1. The van der Waals surface area contributed by atoms with Gasteiger partial charge in [0.1, 0.15) is 17.9 Å². The number of aryl methyl sites for hydroxylation is 1. The van der Waals surface area contributed by atoms with E-state index in [9.17, 15) is 14.9 Å². The molecule has 2 atom stereocenters. The van der Waals surface area contributed by atoms with E-state index >= 15 is 0 Å². The van der Waals surface area contributed by atoms with Gasteiger partial charge in [-0.05, 0) is 47.0 Å². The average molecular weight is 294 g/mol. The molecular formula is C14H22N4O3. The molecule has 1 aliphatic rings. The zero-order valence-electron chi connectivity index (χ0n) is 13.0. The predicted molar refractivity (Wildman–Crippen MR) is 78.0 cm³/mol. The maximum atomic E-state index is 12.5. The molecule has 0 radical (unpaired) electrons. The van der Waals surface area contributed by atoms with Crippen LogP contribution < -0.4 is 0 Å². The minimum absolute atomic E-state index is 0.00235. The third kappa shape index (κ3) is 2.91. The van der Waals surface area contributed by atoms with E-state index in [1.54, 1.807) is 13.8 Å². The van der Waals surface area contributed by atoms with Gasteiger partial charge in [-0.1, -0.05) is 0 Å². The molecule has 0 aliphatic carbocycles. The first kappa shape index (κ1) is 15.5. The van der Waals surface area contributed by atoms with Crippen molar-refractivity contribution in [2.24, 2.45) is 0 Å². The normalized spacial score (nSPS) is 22.4. The summed E-state index contributed by atoms with van der Waals surface area (Å²) < 4.78 is 1.45. The Bertz CT molecular complexity index is 557. The van der Waals surface area contributed by atoms with Gasteiger partial charge in [-0.25, -0.2) is 0 Å². The molecule has 116 valence electrons. The summed E-state index contributed by atoms with van der Waals surface area (Å²) in [7, 11) is 0. The molecule has 0 unspecified atom stereocenters. The molecule has 1 aliphatic heterocycles. The number of carbonyl (C=O) groups excluding carboxylic acids is 1. The van der Waals surface area contributed by atoms with Crippen molar-refractivity contribution in [1.29, 1.82) is 0 Å². The Labute approximate surface area is 124 Å². The van der Waals surface area contributed by atoms with E-state index in [-0.39, 0.29) is 30.2 Å². The Morgan fingerprint density at radius 1 is 1.33 bits per heavy atom. The monoisotopic (exact) mass is 294 g/mol. The van der Waals surface area contributed by atoms with Crippen LogP contribution in [0.5, 0.6) is 0 Å². The molecule has 0 saturated carbocycles. The van der Waals surface area contributed by atoms with Crippen molar-refractivity contribution in [2.45, 2.75) is 65.6 Å². The lowest BCUT2D eigenvalue weighted by atomic mass is 9.97. The highest BCUT2D eigenvalue weighted by Crippen LogP contribution is 2.25. The first-order chi connectivity index (χ1) is 9.82. The third-order valence-corrected chi connectivity index (χ3v) is 4.29. The molecule has 2 heterocycles. The van der Waals surface area contributed by atoms with Crippen molar-refractivity contribution in [3.63, 3.8) is 0 Å². The van der Waals surface area contributed by atoms with Crippen molar-refractivity contribution >= 4 is 11.6 Å². The number of likely N-dealkylation sites (tertiary alicyclic amines) is 1. The highest BCUT2D eigenvalue weighted by molar-refractivity contribution is 5.77. The molecule has 0 spiro atoms. The molecule has 1 fully saturated rings. The fourth-order valence-corrected chi connectivity index (χ4v) is 3.23. The minimum atomic E-state index is -0.440. The van der Waals surface area contributed by atoms with Crippen molar-refractivity contribution < 1.29 is 9.72 Å². The van der Waals surface area contributed by atoms with Gasteiger partial charge in [-0.3, -0.25) is 19.6 Å². The van der Waals surface area contributed by atoms with Gasteiger partial charge in [-0.15, -0.1) is 0 Å². The molecule has 7 heteroatoms. The largest absolute Gasteiger partial charge is 0.336 e. The predicted octanol–water partition coefficient (Wildman–Crippen LogP) is 2.20. The molecule has 0 aromatic carbocycles. The van der Waals surface area contributed by atoms with E-state index in [2.05, 4.69) is 18.9 Å². The zero-order valence-corrected chi connectivity index (χ0v) is 13.0.